The highest BCUT2D eigenvalue weighted by Crippen LogP contribution is 2.40. The van der Waals surface area contributed by atoms with Crippen LogP contribution in [0.4, 0.5) is 13.2 Å². The molecule has 0 radical (unpaired) electrons. The summed E-state index contributed by atoms with van der Waals surface area (Å²) in [7, 11) is 0. The number of ether oxygens (including phenoxy) is 1. The number of hydrogen-bond acceptors (Lipinski definition) is 2. The second kappa shape index (κ2) is 5.59. The molecular formula is C13H15ClF3NO. The second-order valence-corrected chi connectivity index (χ2v) is 5.15. The zero-order valence-electron chi connectivity index (χ0n) is 10.2. The quantitative estimate of drug-likeness (QED) is 0.894. The predicted octanol–water partition coefficient (Wildman–Crippen LogP) is 4.01. The number of nitrogens with two attached hydrogens (primary N) is 1. The van der Waals surface area contributed by atoms with Crippen molar-refractivity contribution in [3.05, 3.63) is 28.8 Å². The van der Waals surface area contributed by atoms with Gasteiger partial charge in [0, 0.05) is 6.04 Å². The van der Waals surface area contributed by atoms with E-state index >= 15 is 0 Å². The Balaban J connectivity index is 2.13. The summed E-state index contributed by atoms with van der Waals surface area (Å²) < 4.78 is 43.7. The van der Waals surface area contributed by atoms with Crippen molar-refractivity contribution in [2.24, 2.45) is 5.73 Å². The molecule has 19 heavy (non-hydrogen) atoms. The Labute approximate surface area is 114 Å². The van der Waals surface area contributed by atoms with Gasteiger partial charge in [0.1, 0.15) is 5.75 Å². The van der Waals surface area contributed by atoms with Crippen LogP contribution in [0.1, 0.15) is 31.2 Å². The molecular weight excluding hydrogens is 279 g/mol. The Morgan fingerprint density at radius 1 is 1.16 bits per heavy atom. The summed E-state index contributed by atoms with van der Waals surface area (Å²) in [5.41, 5.74) is 4.91. The maximum absolute atomic E-state index is 12.7. The lowest BCUT2D eigenvalue weighted by molar-refractivity contribution is -0.137. The molecule has 0 atom stereocenters. The van der Waals surface area contributed by atoms with Crippen molar-refractivity contribution in [3.63, 3.8) is 0 Å². The molecule has 2 rings (SSSR count). The lowest BCUT2D eigenvalue weighted by Crippen LogP contribution is -2.31. The van der Waals surface area contributed by atoms with Crippen molar-refractivity contribution >= 4 is 11.6 Å². The molecule has 1 aliphatic carbocycles. The van der Waals surface area contributed by atoms with E-state index in [1.807, 2.05) is 0 Å². The SMILES string of the molecule is NC1CCC(Oc2cccc(C(F)(F)F)c2Cl)CC1. The topological polar surface area (TPSA) is 35.2 Å². The summed E-state index contributed by atoms with van der Waals surface area (Å²) in [5.74, 6) is 0.0944. The van der Waals surface area contributed by atoms with E-state index in [2.05, 4.69) is 0 Å². The minimum atomic E-state index is -4.47. The first-order chi connectivity index (χ1) is 8.88. The van der Waals surface area contributed by atoms with E-state index in [0.29, 0.717) is 0 Å². The van der Waals surface area contributed by atoms with Crippen molar-refractivity contribution in [1.82, 2.24) is 0 Å². The van der Waals surface area contributed by atoms with Gasteiger partial charge in [-0.15, -0.1) is 0 Å². The molecule has 0 bridgehead atoms. The number of benzene rings is 1. The van der Waals surface area contributed by atoms with Crippen LogP contribution in [-0.4, -0.2) is 12.1 Å². The minimum absolute atomic E-state index is 0.0944. The van der Waals surface area contributed by atoms with Gasteiger partial charge in [0.05, 0.1) is 16.7 Å². The maximum atomic E-state index is 12.7. The molecule has 0 aromatic heterocycles. The smallest absolute Gasteiger partial charge is 0.417 e. The van der Waals surface area contributed by atoms with E-state index in [0.717, 1.165) is 31.7 Å². The summed E-state index contributed by atoms with van der Waals surface area (Å²) in [6.45, 7) is 0. The van der Waals surface area contributed by atoms with Crippen LogP contribution in [0.2, 0.25) is 5.02 Å². The van der Waals surface area contributed by atoms with E-state index in [-0.39, 0.29) is 22.9 Å². The molecule has 0 unspecified atom stereocenters. The fourth-order valence-corrected chi connectivity index (χ4v) is 2.48. The Morgan fingerprint density at radius 2 is 1.79 bits per heavy atom. The molecule has 1 aromatic rings. The first-order valence-corrected chi connectivity index (χ1v) is 6.53. The third-order valence-corrected chi connectivity index (χ3v) is 3.67. The Kier molecular flexibility index (Phi) is 4.26. The molecule has 1 aliphatic rings. The molecule has 1 saturated carbocycles. The normalized spacial score (nSPS) is 24.3. The molecule has 6 heteroatoms. The van der Waals surface area contributed by atoms with Gasteiger partial charge in [0.25, 0.3) is 0 Å². The Morgan fingerprint density at radius 3 is 2.37 bits per heavy atom. The molecule has 0 spiro atoms. The molecule has 0 aliphatic heterocycles. The highest BCUT2D eigenvalue weighted by atomic mass is 35.5. The monoisotopic (exact) mass is 293 g/mol. The Bertz CT molecular complexity index is 442. The van der Waals surface area contributed by atoms with Gasteiger partial charge in [-0.2, -0.15) is 13.2 Å². The van der Waals surface area contributed by atoms with Crippen LogP contribution in [-0.2, 0) is 6.18 Å². The van der Waals surface area contributed by atoms with Gasteiger partial charge in [0.2, 0.25) is 0 Å². The highest BCUT2D eigenvalue weighted by molar-refractivity contribution is 6.32. The molecule has 2 nitrogen and oxygen atoms in total. The molecule has 0 saturated heterocycles. The maximum Gasteiger partial charge on any atom is 0.417 e. The van der Waals surface area contributed by atoms with Gasteiger partial charge in [-0.3, -0.25) is 0 Å². The minimum Gasteiger partial charge on any atom is -0.489 e. The third-order valence-electron chi connectivity index (χ3n) is 3.28. The third kappa shape index (κ3) is 3.54. The van der Waals surface area contributed by atoms with Crippen LogP contribution in [0.25, 0.3) is 0 Å². The fraction of sp³-hybridized carbons (Fsp3) is 0.538. The molecule has 2 N–H and O–H groups in total. The van der Waals surface area contributed by atoms with Crippen LogP contribution < -0.4 is 10.5 Å². The zero-order chi connectivity index (χ0) is 14.0. The first kappa shape index (κ1) is 14.5. The van der Waals surface area contributed by atoms with Crippen LogP contribution in [0, 0.1) is 0 Å². The fourth-order valence-electron chi connectivity index (χ4n) is 2.21. The van der Waals surface area contributed by atoms with Gasteiger partial charge < -0.3 is 10.5 Å². The average molecular weight is 294 g/mol. The van der Waals surface area contributed by atoms with Crippen LogP contribution in [0.3, 0.4) is 0 Å². The van der Waals surface area contributed by atoms with Crippen LogP contribution in [0.15, 0.2) is 18.2 Å². The number of hydrogen-bond donors (Lipinski definition) is 1. The van der Waals surface area contributed by atoms with Gasteiger partial charge in [-0.05, 0) is 37.8 Å². The Hall–Kier alpha value is -0.940. The summed E-state index contributed by atoms with van der Waals surface area (Å²) in [6, 6.07) is 3.88. The number of halogens is 4. The molecule has 1 aromatic carbocycles. The van der Waals surface area contributed by atoms with E-state index in [9.17, 15) is 13.2 Å². The summed E-state index contributed by atoms with van der Waals surface area (Å²) in [5, 5.41) is -0.370. The van der Waals surface area contributed by atoms with E-state index < -0.39 is 11.7 Å². The lowest BCUT2D eigenvalue weighted by atomic mass is 9.94. The van der Waals surface area contributed by atoms with E-state index in [1.54, 1.807) is 0 Å². The number of rotatable bonds is 2. The van der Waals surface area contributed by atoms with Gasteiger partial charge in [-0.25, -0.2) is 0 Å². The van der Waals surface area contributed by atoms with Crippen molar-refractivity contribution in [2.45, 2.75) is 44.0 Å². The molecule has 106 valence electrons. The van der Waals surface area contributed by atoms with Crippen molar-refractivity contribution in [3.8, 4) is 5.75 Å². The second-order valence-electron chi connectivity index (χ2n) is 4.77. The average Bonchev–Trinajstić information content (AvgIpc) is 2.33. The zero-order valence-corrected chi connectivity index (χ0v) is 11.0. The first-order valence-electron chi connectivity index (χ1n) is 6.16. The predicted molar refractivity (Wildman–Crippen MR) is 67.3 cm³/mol. The molecule has 0 heterocycles. The molecule has 1 fully saturated rings. The lowest BCUT2D eigenvalue weighted by Gasteiger charge is -2.27. The van der Waals surface area contributed by atoms with Crippen LogP contribution in [0.5, 0.6) is 5.75 Å². The van der Waals surface area contributed by atoms with E-state index in [1.165, 1.54) is 12.1 Å². The highest BCUT2D eigenvalue weighted by Gasteiger charge is 2.34. The summed E-state index contributed by atoms with van der Waals surface area (Å²) in [4.78, 5) is 0. The molecule has 0 amide bonds. The van der Waals surface area contributed by atoms with E-state index in [4.69, 9.17) is 22.1 Å². The van der Waals surface area contributed by atoms with Gasteiger partial charge in [0.15, 0.2) is 0 Å². The van der Waals surface area contributed by atoms with Crippen molar-refractivity contribution < 1.29 is 17.9 Å². The largest absolute Gasteiger partial charge is 0.489 e. The number of alkyl halides is 3. The van der Waals surface area contributed by atoms with Crippen molar-refractivity contribution in [2.75, 3.05) is 0 Å². The van der Waals surface area contributed by atoms with Crippen molar-refractivity contribution in [1.29, 1.82) is 0 Å². The standard InChI is InChI=1S/C13H15ClF3NO/c14-12-10(13(15,16)17)2-1-3-11(12)19-9-6-4-8(18)5-7-9/h1-3,8-9H,4-7,18H2. The summed E-state index contributed by atoms with van der Waals surface area (Å²) in [6.07, 6.45) is -1.45. The van der Waals surface area contributed by atoms with Crippen LogP contribution >= 0.6 is 11.6 Å². The van der Waals surface area contributed by atoms with Gasteiger partial charge in [-0.1, -0.05) is 17.7 Å². The van der Waals surface area contributed by atoms with Gasteiger partial charge >= 0.3 is 6.18 Å². The summed E-state index contributed by atoms with van der Waals surface area (Å²) >= 11 is 5.77.